The number of hydrogen-bond donors (Lipinski definition) is 4. The second-order valence-corrected chi connectivity index (χ2v) is 9.33. The Balaban J connectivity index is 1.99. The predicted molar refractivity (Wildman–Crippen MR) is 107 cm³/mol. The molecule has 2 rings (SSSR count). The molecule has 0 fully saturated rings. The van der Waals surface area contributed by atoms with Gasteiger partial charge in [0.15, 0.2) is 0 Å². The summed E-state index contributed by atoms with van der Waals surface area (Å²) < 4.78 is 12.7. The van der Waals surface area contributed by atoms with Gasteiger partial charge < -0.3 is 21.5 Å². The van der Waals surface area contributed by atoms with Gasteiger partial charge in [-0.25, -0.2) is 0 Å². The van der Waals surface area contributed by atoms with Gasteiger partial charge in [0.2, 0.25) is 7.37 Å². The number of carboxylic acid groups (broad SMARTS) is 1. The van der Waals surface area contributed by atoms with Gasteiger partial charge in [0.05, 0.1) is 11.7 Å². The van der Waals surface area contributed by atoms with E-state index < -0.39 is 25.0 Å². The second kappa shape index (κ2) is 9.81. The number of hydrogen-bond acceptors (Lipinski definition) is 4. The van der Waals surface area contributed by atoms with E-state index in [0.29, 0.717) is 19.4 Å². The zero-order valence-corrected chi connectivity index (χ0v) is 16.1. The highest BCUT2D eigenvalue weighted by Crippen LogP contribution is 2.47. The van der Waals surface area contributed by atoms with Crippen molar-refractivity contribution in [3.8, 4) is 0 Å². The highest BCUT2D eigenvalue weighted by atomic mass is 31.2. The third-order valence-corrected chi connectivity index (χ3v) is 6.92. The first-order chi connectivity index (χ1) is 12.8. The van der Waals surface area contributed by atoms with Crippen LogP contribution in [0.5, 0.6) is 0 Å². The van der Waals surface area contributed by atoms with Crippen LogP contribution in [0.4, 0.5) is 0 Å². The summed E-state index contributed by atoms with van der Waals surface area (Å²) in [5.41, 5.74) is 14.3. The van der Waals surface area contributed by atoms with Crippen molar-refractivity contribution in [2.75, 3.05) is 6.16 Å². The number of aryl methyl sites for hydroxylation is 1. The molecule has 2 aromatic carbocycles. The lowest BCUT2D eigenvalue weighted by atomic mass is 10.00. The van der Waals surface area contributed by atoms with E-state index in [1.54, 1.807) is 12.1 Å². The quantitative estimate of drug-likeness (QED) is 0.462. The van der Waals surface area contributed by atoms with Crippen LogP contribution >= 0.6 is 7.37 Å². The molecule has 27 heavy (non-hydrogen) atoms. The van der Waals surface area contributed by atoms with E-state index in [1.807, 2.05) is 42.5 Å². The number of benzene rings is 2. The van der Waals surface area contributed by atoms with Gasteiger partial charge >= 0.3 is 5.97 Å². The summed E-state index contributed by atoms with van der Waals surface area (Å²) in [4.78, 5) is 22.0. The molecule has 0 aliphatic rings. The van der Waals surface area contributed by atoms with Gasteiger partial charge in [-0.1, -0.05) is 54.6 Å². The number of carbonyl (C=O) groups is 1. The average Bonchev–Trinajstić information content (AvgIpc) is 2.66. The summed E-state index contributed by atoms with van der Waals surface area (Å²) in [6.07, 6.45) is 0.743. The van der Waals surface area contributed by atoms with Crippen molar-refractivity contribution in [2.24, 2.45) is 17.4 Å². The normalized spacial score (nSPS) is 15.7. The van der Waals surface area contributed by atoms with Crippen molar-refractivity contribution in [2.45, 2.75) is 31.6 Å². The molecule has 0 aromatic heterocycles. The van der Waals surface area contributed by atoms with Crippen LogP contribution in [0.15, 0.2) is 54.6 Å². The molecule has 0 aliphatic heterocycles. The minimum atomic E-state index is -3.81. The summed E-state index contributed by atoms with van der Waals surface area (Å²) in [6.45, 7) is 0.407. The van der Waals surface area contributed by atoms with Crippen LogP contribution < -0.4 is 11.5 Å². The Hall–Kier alpha value is -1.98. The van der Waals surface area contributed by atoms with Crippen molar-refractivity contribution in [3.63, 3.8) is 0 Å². The largest absolute Gasteiger partial charge is 0.481 e. The first-order valence-corrected chi connectivity index (χ1v) is 10.8. The molecule has 0 aliphatic carbocycles. The fourth-order valence-electron chi connectivity index (χ4n) is 2.94. The van der Waals surface area contributed by atoms with Gasteiger partial charge in [0.25, 0.3) is 0 Å². The molecule has 0 bridgehead atoms. The van der Waals surface area contributed by atoms with Crippen LogP contribution in [-0.2, 0) is 28.7 Å². The van der Waals surface area contributed by atoms with E-state index in [4.69, 9.17) is 11.5 Å². The van der Waals surface area contributed by atoms with E-state index >= 15 is 0 Å². The number of rotatable bonds is 10. The molecule has 6 N–H and O–H groups in total. The van der Waals surface area contributed by atoms with Crippen molar-refractivity contribution in [3.05, 3.63) is 71.3 Å². The molecule has 7 heteroatoms. The van der Waals surface area contributed by atoms with Crippen LogP contribution in [0.25, 0.3) is 0 Å². The molecular weight excluding hydrogens is 363 g/mol. The Labute approximate surface area is 159 Å². The van der Waals surface area contributed by atoms with Gasteiger partial charge in [-0.3, -0.25) is 9.36 Å². The molecule has 0 saturated heterocycles. The highest BCUT2D eigenvalue weighted by molar-refractivity contribution is 7.58. The lowest BCUT2D eigenvalue weighted by Gasteiger charge is -2.22. The van der Waals surface area contributed by atoms with Crippen molar-refractivity contribution in [1.82, 2.24) is 0 Å². The van der Waals surface area contributed by atoms with Crippen LogP contribution in [0.2, 0.25) is 0 Å². The molecule has 0 radical (unpaired) electrons. The molecule has 0 heterocycles. The van der Waals surface area contributed by atoms with Crippen LogP contribution in [0.3, 0.4) is 0 Å². The summed E-state index contributed by atoms with van der Waals surface area (Å²) in [6, 6.07) is 16.8. The van der Waals surface area contributed by atoms with Gasteiger partial charge in [0.1, 0.15) is 0 Å². The third kappa shape index (κ3) is 6.60. The Kier molecular flexibility index (Phi) is 7.75. The molecule has 0 saturated carbocycles. The van der Waals surface area contributed by atoms with Crippen molar-refractivity contribution in [1.29, 1.82) is 0 Å². The van der Waals surface area contributed by atoms with E-state index in [1.165, 1.54) is 0 Å². The van der Waals surface area contributed by atoms with Crippen molar-refractivity contribution < 1.29 is 19.4 Å². The molecule has 2 aromatic rings. The van der Waals surface area contributed by atoms with Gasteiger partial charge in [-0.05, 0) is 36.0 Å². The first-order valence-electron chi connectivity index (χ1n) is 8.93. The van der Waals surface area contributed by atoms with Crippen LogP contribution in [0, 0.1) is 5.92 Å². The van der Waals surface area contributed by atoms with Crippen LogP contribution in [-0.4, -0.2) is 27.9 Å². The minimum absolute atomic E-state index is 0.177. The predicted octanol–water partition coefficient (Wildman–Crippen LogP) is 2.58. The Bertz CT molecular complexity index is 780. The monoisotopic (exact) mass is 390 g/mol. The topological polar surface area (TPSA) is 127 Å². The fourth-order valence-corrected chi connectivity index (χ4v) is 4.66. The number of carboxylic acids is 1. The molecule has 1 unspecified atom stereocenters. The third-order valence-electron chi connectivity index (χ3n) is 4.66. The summed E-state index contributed by atoms with van der Waals surface area (Å²) in [5, 5.41) is 9.50. The second-order valence-electron chi connectivity index (χ2n) is 6.79. The Morgan fingerprint density at radius 1 is 1.00 bits per heavy atom. The minimum Gasteiger partial charge on any atom is -0.481 e. The van der Waals surface area contributed by atoms with Crippen LogP contribution in [0.1, 0.15) is 23.1 Å². The van der Waals surface area contributed by atoms with E-state index in [9.17, 15) is 19.4 Å². The summed E-state index contributed by atoms with van der Waals surface area (Å²) in [5.74, 6) is -3.01. The fraction of sp³-hybridized carbons (Fsp3) is 0.350. The smallest absolute Gasteiger partial charge is 0.307 e. The lowest BCUT2D eigenvalue weighted by molar-refractivity contribution is -0.141. The molecule has 6 nitrogen and oxygen atoms in total. The number of nitrogens with two attached hydrogens (primary N) is 2. The van der Waals surface area contributed by atoms with Gasteiger partial charge in [-0.15, -0.1) is 0 Å². The summed E-state index contributed by atoms with van der Waals surface area (Å²) >= 11 is 0. The average molecular weight is 390 g/mol. The maximum Gasteiger partial charge on any atom is 0.307 e. The molecule has 0 amide bonds. The molecule has 146 valence electrons. The maximum absolute atomic E-state index is 12.7. The van der Waals surface area contributed by atoms with Crippen molar-refractivity contribution >= 4 is 13.3 Å². The van der Waals surface area contributed by atoms with Gasteiger partial charge in [0, 0.05) is 12.7 Å². The Morgan fingerprint density at radius 2 is 1.59 bits per heavy atom. The van der Waals surface area contributed by atoms with E-state index in [2.05, 4.69) is 0 Å². The zero-order valence-electron chi connectivity index (χ0n) is 15.2. The molecule has 3 atom stereocenters. The maximum atomic E-state index is 12.7. The zero-order chi connectivity index (χ0) is 19.9. The number of aliphatic carboxylic acids is 1. The SMILES string of the molecule is NCc1ccc(C[C@@H](CP(=O)(O)[C@@H](N)CCc2ccccc2)C(=O)O)cc1. The van der Waals surface area contributed by atoms with E-state index in [-0.39, 0.29) is 12.6 Å². The standard InChI is InChI=1S/C20H27N2O4P/c21-13-17-8-6-16(7-9-17)12-18(20(23)24)14-27(25,26)19(22)11-10-15-4-2-1-3-5-15/h1-9,18-19H,10-14,21-22H2,(H,23,24)(H,25,26)/t18-,19+/m0/s1. The molecular formula is C20H27N2O4P. The highest BCUT2D eigenvalue weighted by Gasteiger charge is 2.34. The summed E-state index contributed by atoms with van der Waals surface area (Å²) in [7, 11) is -3.81. The van der Waals surface area contributed by atoms with E-state index in [0.717, 1.165) is 16.7 Å². The molecule has 0 spiro atoms. The Morgan fingerprint density at radius 3 is 2.15 bits per heavy atom. The van der Waals surface area contributed by atoms with Gasteiger partial charge in [-0.2, -0.15) is 0 Å². The first kappa shape index (κ1) is 21.3. The lowest BCUT2D eigenvalue weighted by Crippen LogP contribution is -2.28.